The zero-order chi connectivity index (χ0) is 12.3. The summed E-state index contributed by atoms with van der Waals surface area (Å²) in [6.07, 6.45) is 10.3. The lowest BCUT2D eigenvalue weighted by atomic mass is 10.0. The molecule has 2 N–H and O–H groups in total. The third-order valence-electron chi connectivity index (χ3n) is 3.38. The molecule has 2 nitrogen and oxygen atoms in total. The lowest BCUT2D eigenvalue weighted by Crippen LogP contribution is -2.37. The van der Waals surface area contributed by atoms with Gasteiger partial charge in [0.2, 0.25) is 0 Å². The molecule has 0 saturated heterocycles. The fourth-order valence-corrected chi connectivity index (χ4v) is 1.68. The van der Waals surface area contributed by atoms with Gasteiger partial charge in [-0.3, -0.25) is 0 Å². The first kappa shape index (κ1) is 15.9. The van der Waals surface area contributed by atoms with Gasteiger partial charge in [0, 0.05) is 13.2 Å². The first-order chi connectivity index (χ1) is 7.68. The quantitative estimate of drug-likeness (QED) is 0.546. The summed E-state index contributed by atoms with van der Waals surface area (Å²) >= 11 is 0. The van der Waals surface area contributed by atoms with Crippen molar-refractivity contribution in [3.8, 4) is 0 Å². The van der Waals surface area contributed by atoms with Crippen molar-refractivity contribution >= 4 is 0 Å². The van der Waals surface area contributed by atoms with Crippen LogP contribution >= 0.6 is 0 Å². The molecule has 0 saturated carbocycles. The standard InChI is InChI=1S/C14H31NO/c1-4-6-7-8-9-10-11-12-16-14(3,5-2)13-15/h4-13,15H2,1-3H3. The first-order valence-corrected chi connectivity index (χ1v) is 7.02. The van der Waals surface area contributed by atoms with Crippen LogP contribution in [0.2, 0.25) is 0 Å². The molecular formula is C14H31NO. The average molecular weight is 229 g/mol. The number of rotatable bonds is 11. The summed E-state index contributed by atoms with van der Waals surface area (Å²) < 4.78 is 5.83. The van der Waals surface area contributed by atoms with Gasteiger partial charge in [-0.2, -0.15) is 0 Å². The number of unbranched alkanes of at least 4 members (excludes halogenated alkanes) is 6. The van der Waals surface area contributed by atoms with Crippen LogP contribution in [0.3, 0.4) is 0 Å². The maximum Gasteiger partial charge on any atom is 0.0773 e. The third-order valence-corrected chi connectivity index (χ3v) is 3.38. The summed E-state index contributed by atoms with van der Waals surface area (Å²) in [7, 11) is 0. The normalized spacial score (nSPS) is 15.0. The zero-order valence-corrected chi connectivity index (χ0v) is 11.6. The molecular weight excluding hydrogens is 198 g/mol. The fraction of sp³-hybridized carbons (Fsp3) is 1.00. The van der Waals surface area contributed by atoms with Gasteiger partial charge in [-0.15, -0.1) is 0 Å². The van der Waals surface area contributed by atoms with Crippen molar-refractivity contribution in [2.45, 2.75) is 77.7 Å². The van der Waals surface area contributed by atoms with Gasteiger partial charge in [0.25, 0.3) is 0 Å². The van der Waals surface area contributed by atoms with Crippen LogP contribution in [0.25, 0.3) is 0 Å². The fourth-order valence-electron chi connectivity index (χ4n) is 1.68. The maximum absolute atomic E-state index is 5.83. The highest BCUT2D eigenvalue weighted by atomic mass is 16.5. The van der Waals surface area contributed by atoms with Crippen molar-refractivity contribution in [3.05, 3.63) is 0 Å². The van der Waals surface area contributed by atoms with Crippen molar-refractivity contribution < 1.29 is 4.74 Å². The lowest BCUT2D eigenvalue weighted by Gasteiger charge is -2.26. The molecule has 0 rings (SSSR count). The van der Waals surface area contributed by atoms with E-state index in [9.17, 15) is 0 Å². The largest absolute Gasteiger partial charge is 0.374 e. The molecule has 0 heterocycles. The van der Waals surface area contributed by atoms with Crippen LogP contribution < -0.4 is 5.73 Å². The molecule has 0 spiro atoms. The SMILES string of the molecule is CCCCCCCCCOC(C)(CC)CN. The van der Waals surface area contributed by atoms with Gasteiger partial charge in [-0.25, -0.2) is 0 Å². The Balaban J connectivity index is 3.26. The molecule has 0 radical (unpaired) electrons. The molecule has 0 aliphatic carbocycles. The van der Waals surface area contributed by atoms with Gasteiger partial charge in [0.05, 0.1) is 5.60 Å². The summed E-state index contributed by atoms with van der Waals surface area (Å²) in [6, 6.07) is 0. The van der Waals surface area contributed by atoms with Crippen LogP contribution in [-0.2, 0) is 4.74 Å². The van der Waals surface area contributed by atoms with E-state index in [-0.39, 0.29) is 5.60 Å². The highest BCUT2D eigenvalue weighted by molar-refractivity contribution is 4.73. The molecule has 1 atom stereocenters. The van der Waals surface area contributed by atoms with Crippen LogP contribution in [0.4, 0.5) is 0 Å². The van der Waals surface area contributed by atoms with Crippen LogP contribution in [0.15, 0.2) is 0 Å². The Bertz CT molecular complexity index is 144. The average Bonchev–Trinajstić information content (AvgIpc) is 2.32. The van der Waals surface area contributed by atoms with Gasteiger partial charge in [-0.05, 0) is 19.8 Å². The smallest absolute Gasteiger partial charge is 0.0773 e. The number of ether oxygens (including phenoxy) is 1. The molecule has 0 aromatic carbocycles. The third kappa shape index (κ3) is 8.12. The zero-order valence-electron chi connectivity index (χ0n) is 11.6. The van der Waals surface area contributed by atoms with Crippen molar-refractivity contribution in [1.82, 2.24) is 0 Å². The Morgan fingerprint density at radius 1 is 0.938 bits per heavy atom. The van der Waals surface area contributed by atoms with Crippen molar-refractivity contribution in [2.24, 2.45) is 5.73 Å². The van der Waals surface area contributed by atoms with Crippen molar-refractivity contribution in [3.63, 3.8) is 0 Å². The second-order valence-corrected chi connectivity index (χ2v) is 4.98. The van der Waals surface area contributed by atoms with Gasteiger partial charge < -0.3 is 10.5 Å². The van der Waals surface area contributed by atoms with E-state index >= 15 is 0 Å². The Hall–Kier alpha value is -0.0800. The monoisotopic (exact) mass is 229 g/mol. The molecule has 0 aliphatic heterocycles. The van der Waals surface area contributed by atoms with E-state index in [1.54, 1.807) is 0 Å². The summed E-state index contributed by atoms with van der Waals surface area (Å²) in [5, 5.41) is 0. The van der Waals surface area contributed by atoms with Gasteiger partial charge in [0.1, 0.15) is 0 Å². The minimum atomic E-state index is -0.0950. The van der Waals surface area contributed by atoms with Crippen LogP contribution in [0.1, 0.15) is 72.1 Å². The minimum absolute atomic E-state index is 0.0950. The first-order valence-electron chi connectivity index (χ1n) is 7.02. The molecule has 0 aromatic rings. The maximum atomic E-state index is 5.83. The molecule has 98 valence electrons. The van der Waals surface area contributed by atoms with Crippen LogP contribution in [0.5, 0.6) is 0 Å². The van der Waals surface area contributed by atoms with E-state index in [0.29, 0.717) is 6.54 Å². The summed E-state index contributed by atoms with van der Waals surface area (Å²) in [5.41, 5.74) is 5.59. The van der Waals surface area contributed by atoms with E-state index < -0.39 is 0 Å². The van der Waals surface area contributed by atoms with E-state index in [4.69, 9.17) is 10.5 Å². The molecule has 0 bridgehead atoms. The molecule has 0 amide bonds. The van der Waals surface area contributed by atoms with Gasteiger partial charge in [0.15, 0.2) is 0 Å². The molecule has 0 aliphatic rings. The highest BCUT2D eigenvalue weighted by Crippen LogP contribution is 2.14. The Morgan fingerprint density at radius 2 is 1.50 bits per heavy atom. The lowest BCUT2D eigenvalue weighted by molar-refractivity contribution is -0.0290. The van der Waals surface area contributed by atoms with E-state index in [2.05, 4.69) is 20.8 Å². The Kier molecular flexibility index (Phi) is 10.0. The number of hydrogen-bond acceptors (Lipinski definition) is 2. The van der Waals surface area contributed by atoms with E-state index in [1.807, 2.05) is 0 Å². The second-order valence-electron chi connectivity index (χ2n) is 4.98. The van der Waals surface area contributed by atoms with Gasteiger partial charge in [-0.1, -0.05) is 52.4 Å². The Morgan fingerprint density at radius 3 is 2.00 bits per heavy atom. The molecule has 16 heavy (non-hydrogen) atoms. The number of hydrogen-bond donors (Lipinski definition) is 1. The van der Waals surface area contributed by atoms with Crippen LogP contribution in [-0.4, -0.2) is 18.8 Å². The predicted octanol–water partition coefficient (Wildman–Crippen LogP) is 3.88. The highest BCUT2D eigenvalue weighted by Gasteiger charge is 2.19. The van der Waals surface area contributed by atoms with Crippen LogP contribution in [0, 0.1) is 0 Å². The predicted molar refractivity (Wildman–Crippen MR) is 71.7 cm³/mol. The van der Waals surface area contributed by atoms with Crippen molar-refractivity contribution in [1.29, 1.82) is 0 Å². The number of nitrogens with two attached hydrogens (primary N) is 1. The summed E-state index contributed by atoms with van der Waals surface area (Å²) in [5.74, 6) is 0. The Labute approximate surface area is 102 Å². The van der Waals surface area contributed by atoms with E-state index in [0.717, 1.165) is 13.0 Å². The molecule has 1 unspecified atom stereocenters. The topological polar surface area (TPSA) is 35.2 Å². The summed E-state index contributed by atoms with van der Waals surface area (Å²) in [6.45, 7) is 7.99. The second kappa shape index (κ2) is 10.1. The van der Waals surface area contributed by atoms with Gasteiger partial charge >= 0.3 is 0 Å². The molecule has 0 fully saturated rings. The van der Waals surface area contributed by atoms with E-state index in [1.165, 1.54) is 44.9 Å². The summed E-state index contributed by atoms with van der Waals surface area (Å²) in [4.78, 5) is 0. The molecule has 2 heteroatoms. The molecule has 0 aromatic heterocycles. The minimum Gasteiger partial charge on any atom is -0.374 e. The van der Waals surface area contributed by atoms with Crippen molar-refractivity contribution in [2.75, 3.05) is 13.2 Å².